The summed E-state index contributed by atoms with van der Waals surface area (Å²) in [6.07, 6.45) is -0.434. The number of hydrogen-bond acceptors (Lipinski definition) is 4. The summed E-state index contributed by atoms with van der Waals surface area (Å²) in [4.78, 5) is 22.4. The van der Waals surface area contributed by atoms with Gasteiger partial charge in [0.25, 0.3) is 0 Å². The van der Waals surface area contributed by atoms with Crippen molar-refractivity contribution >= 4 is 23.4 Å². The van der Waals surface area contributed by atoms with Crippen molar-refractivity contribution in [3.63, 3.8) is 0 Å². The Kier molecular flexibility index (Phi) is 6.02. The van der Waals surface area contributed by atoms with Crippen LogP contribution >= 0.6 is 0 Å². The van der Waals surface area contributed by atoms with Crippen molar-refractivity contribution in [1.82, 2.24) is 5.32 Å². The highest BCUT2D eigenvalue weighted by Crippen LogP contribution is 2.14. The van der Waals surface area contributed by atoms with Crippen LogP contribution in [0, 0.1) is 0 Å². The van der Waals surface area contributed by atoms with E-state index < -0.39 is 11.7 Å². The van der Waals surface area contributed by atoms with Gasteiger partial charge < -0.3 is 20.7 Å². The fourth-order valence-corrected chi connectivity index (χ4v) is 1.60. The molecule has 0 saturated carbocycles. The Morgan fingerprint density at radius 1 is 1.14 bits per heavy atom. The number of nitrogens with one attached hydrogen (secondary N) is 3. The van der Waals surface area contributed by atoms with Crippen molar-refractivity contribution in [2.75, 3.05) is 23.7 Å². The quantitative estimate of drug-likeness (QED) is 0.729. The van der Waals surface area contributed by atoms with Crippen molar-refractivity contribution < 1.29 is 14.3 Å². The summed E-state index contributed by atoms with van der Waals surface area (Å²) in [7, 11) is 0. The molecule has 0 fully saturated rings. The maximum absolute atomic E-state index is 11.4. The van der Waals surface area contributed by atoms with Gasteiger partial charge in [-0.05, 0) is 39.0 Å². The summed E-state index contributed by atoms with van der Waals surface area (Å²) in [5.74, 6) is -0.112. The van der Waals surface area contributed by atoms with Crippen LogP contribution in [0.1, 0.15) is 27.7 Å². The third-order valence-corrected chi connectivity index (χ3v) is 2.31. The first-order valence-corrected chi connectivity index (χ1v) is 6.84. The van der Waals surface area contributed by atoms with Crippen molar-refractivity contribution in [3.05, 3.63) is 24.3 Å². The van der Waals surface area contributed by atoms with Gasteiger partial charge in [-0.1, -0.05) is 6.07 Å². The average molecular weight is 293 g/mol. The molecule has 0 unspecified atom stereocenters. The highest BCUT2D eigenvalue weighted by molar-refractivity contribution is 5.89. The van der Waals surface area contributed by atoms with Crippen molar-refractivity contribution in [2.45, 2.75) is 33.3 Å². The van der Waals surface area contributed by atoms with E-state index in [9.17, 15) is 9.59 Å². The maximum Gasteiger partial charge on any atom is 0.407 e. The number of ether oxygens (including phenoxy) is 1. The fourth-order valence-electron chi connectivity index (χ4n) is 1.60. The molecule has 1 aromatic rings. The Morgan fingerprint density at radius 2 is 1.81 bits per heavy atom. The molecule has 116 valence electrons. The van der Waals surface area contributed by atoms with Gasteiger partial charge in [0.15, 0.2) is 0 Å². The second-order valence-corrected chi connectivity index (χ2v) is 5.62. The summed E-state index contributed by atoms with van der Waals surface area (Å²) >= 11 is 0. The predicted octanol–water partition coefficient (Wildman–Crippen LogP) is 2.58. The van der Waals surface area contributed by atoms with Crippen LogP contribution in [0.3, 0.4) is 0 Å². The number of amides is 2. The van der Waals surface area contributed by atoms with E-state index in [1.165, 1.54) is 6.92 Å². The first-order valence-electron chi connectivity index (χ1n) is 6.84. The van der Waals surface area contributed by atoms with E-state index in [1.54, 1.807) is 0 Å². The largest absolute Gasteiger partial charge is 0.444 e. The predicted molar refractivity (Wildman–Crippen MR) is 83.5 cm³/mol. The van der Waals surface area contributed by atoms with E-state index in [4.69, 9.17) is 4.74 Å². The molecule has 0 heterocycles. The van der Waals surface area contributed by atoms with Gasteiger partial charge in [0.2, 0.25) is 5.91 Å². The minimum absolute atomic E-state index is 0.112. The summed E-state index contributed by atoms with van der Waals surface area (Å²) in [6.45, 7) is 7.92. The lowest BCUT2D eigenvalue weighted by Crippen LogP contribution is -2.34. The van der Waals surface area contributed by atoms with Crippen molar-refractivity contribution in [2.24, 2.45) is 0 Å². The van der Waals surface area contributed by atoms with Crippen LogP contribution in [-0.2, 0) is 9.53 Å². The average Bonchev–Trinajstić information content (AvgIpc) is 2.32. The molecule has 6 nitrogen and oxygen atoms in total. The Balaban J connectivity index is 2.33. The molecule has 1 aromatic carbocycles. The van der Waals surface area contributed by atoms with Gasteiger partial charge in [-0.3, -0.25) is 4.79 Å². The zero-order valence-electron chi connectivity index (χ0n) is 12.9. The number of benzene rings is 1. The van der Waals surface area contributed by atoms with Crippen LogP contribution in [-0.4, -0.2) is 30.7 Å². The molecular weight excluding hydrogens is 270 g/mol. The number of alkyl carbamates (subject to hydrolysis) is 1. The van der Waals surface area contributed by atoms with E-state index in [2.05, 4.69) is 16.0 Å². The minimum Gasteiger partial charge on any atom is -0.444 e. The molecule has 1 rings (SSSR count). The fraction of sp³-hybridized carbons (Fsp3) is 0.467. The summed E-state index contributed by atoms with van der Waals surface area (Å²) in [5.41, 5.74) is 1.10. The Labute approximate surface area is 125 Å². The van der Waals surface area contributed by atoms with Crippen LogP contribution in [0.2, 0.25) is 0 Å². The molecule has 0 aliphatic heterocycles. The lowest BCUT2D eigenvalue weighted by Gasteiger charge is -2.19. The smallest absolute Gasteiger partial charge is 0.407 e. The lowest BCUT2D eigenvalue weighted by molar-refractivity contribution is -0.114. The first kappa shape index (κ1) is 16.8. The molecule has 2 amide bonds. The SMILES string of the molecule is CC(=O)Nc1cccc(NCCNC(=O)OC(C)(C)C)c1. The third kappa shape index (κ3) is 7.81. The summed E-state index contributed by atoms with van der Waals surface area (Å²) in [6, 6.07) is 7.37. The van der Waals surface area contributed by atoms with Gasteiger partial charge in [0, 0.05) is 31.4 Å². The van der Waals surface area contributed by atoms with Crippen LogP contribution in [0.15, 0.2) is 24.3 Å². The van der Waals surface area contributed by atoms with Crippen LogP contribution in [0.4, 0.5) is 16.2 Å². The van der Waals surface area contributed by atoms with E-state index in [0.29, 0.717) is 13.1 Å². The second kappa shape index (κ2) is 7.52. The lowest BCUT2D eigenvalue weighted by atomic mass is 10.2. The van der Waals surface area contributed by atoms with Gasteiger partial charge >= 0.3 is 6.09 Å². The molecule has 0 aliphatic rings. The van der Waals surface area contributed by atoms with E-state index >= 15 is 0 Å². The molecule has 0 saturated heterocycles. The van der Waals surface area contributed by atoms with Crippen LogP contribution in [0.25, 0.3) is 0 Å². The van der Waals surface area contributed by atoms with Gasteiger partial charge in [-0.15, -0.1) is 0 Å². The maximum atomic E-state index is 11.4. The van der Waals surface area contributed by atoms with Gasteiger partial charge in [0.1, 0.15) is 5.60 Å². The molecule has 0 bridgehead atoms. The number of carbonyl (C=O) groups is 2. The van der Waals surface area contributed by atoms with Crippen molar-refractivity contribution in [1.29, 1.82) is 0 Å². The molecule has 0 spiro atoms. The number of hydrogen-bond donors (Lipinski definition) is 3. The zero-order chi connectivity index (χ0) is 15.9. The number of anilines is 2. The van der Waals surface area contributed by atoms with Gasteiger partial charge in [-0.2, -0.15) is 0 Å². The van der Waals surface area contributed by atoms with Gasteiger partial charge in [-0.25, -0.2) is 4.79 Å². The monoisotopic (exact) mass is 293 g/mol. The molecule has 0 aromatic heterocycles. The number of rotatable bonds is 5. The van der Waals surface area contributed by atoms with Crippen molar-refractivity contribution in [3.8, 4) is 0 Å². The first-order chi connectivity index (χ1) is 9.76. The van der Waals surface area contributed by atoms with Crippen LogP contribution < -0.4 is 16.0 Å². The summed E-state index contributed by atoms with van der Waals surface area (Å²) < 4.78 is 5.13. The highest BCUT2D eigenvalue weighted by atomic mass is 16.6. The Hall–Kier alpha value is -2.24. The molecular formula is C15H23N3O3. The topological polar surface area (TPSA) is 79.5 Å². The molecule has 0 aliphatic carbocycles. The molecule has 21 heavy (non-hydrogen) atoms. The molecule has 3 N–H and O–H groups in total. The molecule has 0 atom stereocenters. The van der Waals surface area contributed by atoms with E-state index in [1.807, 2.05) is 45.0 Å². The van der Waals surface area contributed by atoms with E-state index in [0.717, 1.165) is 11.4 Å². The molecule has 0 radical (unpaired) electrons. The molecule has 6 heteroatoms. The number of carbonyl (C=O) groups excluding carboxylic acids is 2. The zero-order valence-corrected chi connectivity index (χ0v) is 12.9. The Morgan fingerprint density at radius 3 is 2.43 bits per heavy atom. The second-order valence-electron chi connectivity index (χ2n) is 5.62. The third-order valence-electron chi connectivity index (χ3n) is 2.31. The standard InChI is InChI=1S/C15H23N3O3/c1-11(19)18-13-7-5-6-12(10-13)16-8-9-17-14(20)21-15(2,3)4/h5-7,10,16H,8-9H2,1-4H3,(H,17,20)(H,18,19). The minimum atomic E-state index is -0.496. The van der Waals surface area contributed by atoms with E-state index in [-0.39, 0.29) is 5.91 Å². The summed E-state index contributed by atoms with van der Waals surface area (Å²) in [5, 5.41) is 8.53. The normalized spacial score (nSPS) is 10.7. The van der Waals surface area contributed by atoms with Crippen LogP contribution in [0.5, 0.6) is 0 Å². The Bertz CT molecular complexity index is 495. The highest BCUT2D eigenvalue weighted by Gasteiger charge is 2.15. The van der Waals surface area contributed by atoms with Gasteiger partial charge in [0.05, 0.1) is 0 Å².